The zero-order valence-corrected chi connectivity index (χ0v) is 10.2. The number of aromatic nitrogens is 2. The van der Waals surface area contributed by atoms with Gasteiger partial charge in [0.25, 0.3) is 0 Å². The van der Waals surface area contributed by atoms with Crippen LogP contribution in [0, 0.1) is 6.92 Å². The Hall–Kier alpha value is -2.24. The highest BCUT2D eigenvalue weighted by Gasteiger charge is 2.15. The summed E-state index contributed by atoms with van der Waals surface area (Å²) in [5.41, 5.74) is 1.02. The highest BCUT2D eigenvalue weighted by Crippen LogP contribution is 2.35. The highest BCUT2D eigenvalue weighted by atomic mass is 16.7. The van der Waals surface area contributed by atoms with Crippen molar-refractivity contribution in [3.8, 4) is 11.5 Å². The second-order valence-electron chi connectivity index (χ2n) is 4.12. The fraction of sp³-hybridized carbons (Fsp3) is 0.333. The lowest BCUT2D eigenvalue weighted by Crippen LogP contribution is -2.17. The van der Waals surface area contributed by atoms with Crippen LogP contribution >= 0.6 is 0 Å². The monoisotopic (exact) mass is 247 g/mol. The van der Waals surface area contributed by atoms with E-state index in [1.807, 2.05) is 30.1 Å². The van der Waals surface area contributed by atoms with Crippen LogP contribution < -0.4 is 14.4 Å². The summed E-state index contributed by atoms with van der Waals surface area (Å²) in [6.07, 6.45) is 0. The molecule has 1 aliphatic rings. The van der Waals surface area contributed by atoms with Gasteiger partial charge >= 0.3 is 0 Å². The summed E-state index contributed by atoms with van der Waals surface area (Å²) in [6, 6.07) is 5.81. The maximum atomic E-state index is 5.34. The molecule has 0 atom stereocenters. The molecule has 0 unspecified atom stereocenters. The Morgan fingerprint density at radius 1 is 1.28 bits per heavy atom. The molecule has 2 heterocycles. The Balaban J connectivity index is 1.78. The van der Waals surface area contributed by atoms with Crippen molar-refractivity contribution in [2.24, 2.45) is 0 Å². The first-order chi connectivity index (χ1) is 8.72. The Bertz CT molecular complexity index is 567. The lowest BCUT2D eigenvalue weighted by molar-refractivity contribution is 0.174. The molecule has 3 rings (SSSR count). The minimum atomic E-state index is 0.284. The standard InChI is InChI=1S/C12H13N3O3/c1-8-13-12(14-18-8)6-15(2)9-3-4-10-11(5-9)17-7-16-10/h3-5H,6-7H2,1-2H3. The number of ether oxygens (including phenoxy) is 2. The molecule has 2 aromatic rings. The average Bonchev–Trinajstić information content (AvgIpc) is 2.96. The zero-order valence-electron chi connectivity index (χ0n) is 10.2. The molecule has 0 bridgehead atoms. The van der Waals surface area contributed by atoms with Gasteiger partial charge in [0.05, 0.1) is 6.54 Å². The van der Waals surface area contributed by atoms with E-state index in [4.69, 9.17) is 14.0 Å². The number of benzene rings is 1. The van der Waals surface area contributed by atoms with Crippen LogP contribution in [-0.4, -0.2) is 24.0 Å². The number of hydrogen-bond acceptors (Lipinski definition) is 6. The first-order valence-corrected chi connectivity index (χ1v) is 5.62. The van der Waals surface area contributed by atoms with E-state index in [1.54, 1.807) is 6.92 Å². The van der Waals surface area contributed by atoms with Crippen LogP contribution in [0.25, 0.3) is 0 Å². The molecular weight excluding hydrogens is 234 g/mol. The van der Waals surface area contributed by atoms with E-state index in [2.05, 4.69) is 10.1 Å². The highest BCUT2D eigenvalue weighted by molar-refractivity contribution is 5.56. The molecule has 18 heavy (non-hydrogen) atoms. The van der Waals surface area contributed by atoms with E-state index in [9.17, 15) is 0 Å². The third kappa shape index (κ3) is 1.97. The molecule has 0 saturated heterocycles. The van der Waals surface area contributed by atoms with E-state index >= 15 is 0 Å². The Morgan fingerprint density at radius 3 is 2.89 bits per heavy atom. The molecule has 6 heteroatoms. The maximum absolute atomic E-state index is 5.34. The molecule has 6 nitrogen and oxygen atoms in total. The van der Waals surface area contributed by atoms with Crippen LogP contribution in [0.1, 0.15) is 11.7 Å². The van der Waals surface area contributed by atoms with Gasteiger partial charge in [-0.3, -0.25) is 0 Å². The smallest absolute Gasteiger partial charge is 0.231 e. The second kappa shape index (κ2) is 4.21. The molecule has 1 aromatic carbocycles. The minimum Gasteiger partial charge on any atom is -0.454 e. The first kappa shape index (κ1) is 10.9. The number of hydrogen-bond donors (Lipinski definition) is 0. The molecule has 0 amide bonds. The third-order valence-electron chi connectivity index (χ3n) is 2.75. The Kier molecular flexibility index (Phi) is 2.55. The molecule has 1 aromatic heterocycles. The summed E-state index contributed by atoms with van der Waals surface area (Å²) >= 11 is 0. The van der Waals surface area contributed by atoms with Crippen LogP contribution in [0.2, 0.25) is 0 Å². The van der Waals surface area contributed by atoms with Crippen molar-refractivity contribution in [1.29, 1.82) is 0 Å². The first-order valence-electron chi connectivity index (χ1n) is 5.62. The van der Waals surface area contributed by atoms with Crippen LogP contribution in [0.3, 0.4) is 0 Å². The molecule has 0 aliphatic carbocycles. The molecule has 0 fully saturated rings. The third-order valence-corrected chi connectivity index (χ3v) is 2.75. The predicted octanol–water partition coefficient (Wildman–Crippen LogP) is 1.74. The van der Waals surface area contributed by atoms with Gasteiger partial charge < -0.3 is 18.9 Å². The maximum Gasteiger partial charge on any atom is 0.231 e. The van der Waals surface area contributed by atoms with E-state index in [0.29, 0.717) is 18.3 Å². The van der Waals surface area contributed by atoms with Crippen LogP contribution in [-0.2, 0) is 6.54 Å². The SMILES string of the molecule is Cc1nc(CN(C)c2ccc3c(c2)OCO3)no1. The van der Waals surface area contributed by atoms with E-state index in [0.717, 1.165) is 17.2 Å². The number of nitrogens with zero attached hydrogens (tertiary/aromatic N) is 3. The Labute approximate surface area is 104 Å². The lowest BCUT2D eigenvalue weighted by Gasteiger charge is -2.17. The lowest BCUT2D eigenvalue weighted by atomic mass is 10.2. The van der Waals surface area contributed by atoms with Gasteiger partial charge in [-0.1, -0.05) is 5.16 Å². The van der Waals surface area contributed by atoms with Gasteiger partial charge in [-0.15, -0.1) is 0 Å². The van der Waals surface area contributed by atoms with Gasteiger partial charge in [0.15, 0.2) is 17.3 Å². The minimum absolute atomic E-state index is 0.284. The summed E-state index contributed by atoms with van der Waals surface area (Å²) in [7, 11) is 1.96. The van der Waals surface area contributed by atoms with Gasteiger partial charge in [-0.2, -0.15) is 4.98 Å². The molecular formula is C12H13N3O3. The van der Waals surface area contributed by atoms with Gasteiger partial charge in [0.1, 0.15) is 0 Å². The average molecular weight is 247 g/mol. The fourth-order valence-electron chi connectivity index (χ4n) is 1.83. The van der Waals surface area contributed by atoms with Crippen LogP contribution in [0.5, 0.6) is 11.5 Å². The van der Waals surface area contributed by atoms with Crippen molar-refractivity contribution in [2.45, 2.75) is 13.5 Å². The summed E-state index contributed by atoms with van der Waals surface area (Å²) in [5.74, 6) is 2.78. The van der Waals surface area contributed by atoms with Crippen LogP contribution in [0.15, 0.2) is 22.7 Å². The zero-order chi connectivity index (χ0) is 12.5. The number of anilines is 1. The van der Waals surface area contributed by atoms with Gasteiger partial charge in [0, 0.05) is 25.7 Å². The van der Waals surface area contributed by atoms with E-state index in [1.165, 1.54) is 0 Å². The molecule has 94 valence electrons. The topological polar surface area (TPSA) is 60.6 Å². The van der Waals surface area contributed by atoms with Crippen molar-refractivity contribution in [3.05, 3.63) is 29.9 Å². The van der Waals surface area contributed by atoms with Crippen LogP contribution in [0.4, 0.5) is 5.69 Å². The van der Waals surface area contributed by atoms with Crippen molar-refractivity contribution in [1.82, 2.24) is 10.1 Å². The summed E-state index contributed by atoms with van der Waals surface area (Å²) in [5, 5.41) is 3.87. The molecule has 0 spiro atoms. The van der Waals surface area contributed by atoms with Crippen molar-refractivity contribution < 1.29 is 14.0 Å². The largest absolute Gasteiger partial charge is 0.454 e. The van der Waals surface area contributed by atoms with Crippen molar-refractivity contribution in [3.63, 3.8) is 0 Å². The summed E-state index contributed by atoms with van der Waals surface area (Å²) < 4.78 is 15.6. The van der Waals surface area contributed by atoms with Gasteiger partial charge in [0.2, 0.25) is 12.7 Å². The van der Waals surface area contributed by atoms with E-state index in [-0.39, 0.29) is 6.79 Å². The fourth-order valence-corrected chi connectivity index (χ4v) is 1.83. The quantitative estimate of drug-likeness (QED) is 0.823. The normalized spacial score (nSPS) is 12.8. The van der Waals surface area contributed by atoms with Crippen molar-refractivity contribution in [2.75, 3.05) is 18.7 Å². The molecule has 0 saturated carbocycles. The number of rotatable bonds is 3. The molecule has 0 N–H and O–H groups in total. The molecule has 0 radical (unpaired) electrons. The second-order valence-corrected chi connectivity index (χ2v) is 4.12. The Morgan fingerprint density at radius 2 is 2.11 bits per heavy atom. The summed E-state index contributed by atoms with van der Waals surface area (Å²) in [6.45, 7) is 2.64. The van der Waals surface area contributed by atoms with Gasteiger partial charge in [-0.25, -0.2) is 0 Å². The predicted molar refractivity (Wildman–Crippen MR) is 63.7 cm³/mol. The number of fused-ring (bicyclic) bond motifs is 1. The van der Waals surface area contributed by atoms with Crippen molar-refractivity contribution >= 4 is 5.69 Å². The van der Waals surface area contributed by atoms with Gasteiger partial charge in [-0.05, 0) is 12.1 Å². The number of aryl methyl sites for hydroxylation is 1. The summed E-state index contributed by atoms with van der Waals surface area (Å²) in [4.78, 5) is 6.19. The molecule has 1 aliphatic heterocycles. The van der Waals surface area contributed by atoms with E-state index < -0.39 is 0 Å².